The zero-order chi connectivity index (χ0) is 19.2. The number of halogens is 2. The van der Waals surface area contributed by atoms with Gasteiger partial charge in [0.15, 0.2) is 0 Å². The van der Waals surface area contributed by atoms with Crippen LogP contribution in [0.3, 0.4) is 0 Å². The maximum atomic E-state index is 12.9. The molecule has 0 N–H and O–H groups in total. The van der Waals surface area contributed by atoms with E-state index in [4.69, 9.17) is 11.6 Å². The van der Waals surface area contributed by atoms with Crippen molar-refractivity contribution in [1.29, 1.82) is 0 Å². The Bertz CT molecular complexity index is 826. The van der Waals surface area contributed by atoms with E-state index in [1.165, 1.54) is 18.2 Å². The van der Waals surface area contributed by atoms with Crippen molar-refractivity contribution in [2.24, 2.45) is 0 Å². The molecule has 0 aliphatic carbocycles. The highest BCUT2D eigenvalue weighted by molar-refractivity contribution is 6.30. The van der Waals surface area contributed by atoms with Gasteiger partial charge in [-0.2, -0.15) is 0 Å². The molecular formula is C21H20ClFN2O2. The van der Waals surface area contributed by atoms with E-state index in [2.05, 4.69) is 0 Å². The van der Waals surface area contributed by atoms with E-state index in [1.54, 1.807) is 40.1 Å². The normalized spacial score (nSPS) is 14.6. The SMILES string of the molecule is O=C(/C=C/c1ccc(F)cc1)N1CCN(C(=O)Cc2ccc(Cl)cc2)CC1. The van der Waals surface area contributed by atoms with E-state index >= 15 is 0 Å². The first kappa shape index (κ1) is 19.1. The molecule has 0 radical (unpaired) electrons. The van der Waals surface area contributed by atoms with Crippen LogP contribution in [0.1, 0.15) is 11.1 Å². The zero-order valence-corrected chi connectivity index (χ0v) is 15.5. The smallest absolute Gasteiger partial charge is 0.246 e. The molecule has 140 valence electrons. The van der Waals surface area contributed by atoms with Crippen LogP contribution in [0.15, 0.2) is 54.6 Å². The largest absolute Gasteiger partial charge is 0.339 e. The predicted molar refractivity (Wildman–Crippen MR) is 104 cm³/mol. The van der Waals surface area contributed by atoms with Crippen LogP contribution in [0.25, 0.3) is 6.08 Å². The molecule has 6 heteroatoms. The number of nitrogens with zero attached hydrogens (tertiary/aromatic N) is 2. The Hall–Kier alpha value is -2.66. The minimum absolute atomic E-state index is 0.0475. The lowest BCUT2D eigenvalue weighted by molar-refractivity contribution is -0.136. The fourth-order valence-corrected chi connectivity index (χ4v) is 3.04. The monoisotopic (exact) mass is 386 g/mol. The maximum absolute atomic E-state index is 12.9. The van der Waals surface area contributed by atoms with E-state index in [-0.39, 0.29) is 17.6 Å². The Balaban J connectivity index is 1.49. The number of rotatable bonds is 4. The molecule has 0 atom stereocenters. The molecule has 27 heavy (non-hydrogen) atoms. The third-order valence-electron chi connectivity index (χ3n) is 4.50. The number of hydrogen-bond acceptors (Lipinski definition) is 2. The second kappa shape index (κ2) is 8.82. The van der Waals surface area contributed by atoms with E-state index in [0.717, 1.165) is 11.1 Å². The summed E-state index contributed by atoms with van der Waals surface area (Å²) >= 11 is 5.86. The lowest BCUT2D eigenvalue weighted by Gasteiger charge is -2.34. The number of hydrogen-bond donors (Lipinski definition) is 0. The Morgan fingerprint density at radius 3 is 2.15 bits per heavy atom. The van der Waals surface area contributed by atoms with E-state index in [0.29, 0.717) is 37.6 Å². The molecule has 1 fully saturated rings. The van der Waals surface area contributed by atoms with Crippen LogP contribution in [-0.2, 0) is 16.0 Å². The molecule has 0 bridgehead atoms. The molecular weight excluding hydrogens is 367 g/mol. The van der Waals surface area contributed by atoms with Crippen molar-refractivity contribution in [3.63, 3.8) is 0 Å². The molecule has 0 saturated carbocycles. The third kappa shape index (κ3) is 5.41. The first-order valence-electron chi connectivity index (χ1n) is 8.76. The summed E-state index contributed by atoms with van der Waals surface area (Å²) in [6, 6.07) is 13.2. The number of benzene rings is 2. The van der Waals surface area contributed by atoms with Crippen molar-refractivity contribution < 1.29 is 14.0 Å². The summed E-state index contributed by atoms with van der Waals surface area (Å²) in [5, 5.41) is 0.645. The van der Waals surface area contributed by atoms with Crippen LogP contribution in [0, 0.1) is 5.82 Å². The summed E-state index contributed by atoms with van der Waals surface area (Å²) in [6.45, 7) is 2.03. The van der Waals surface area contributed by atoms with Gasteiger partial charge >= 0.3 is 0 Å². The van der Waals surface area contributed by atoms with Crippen LogP contribution in [0.2, 0.25) is 5.02 Å². The number of amides is 2. The van der Waals surface area contributed by atoms with Gasteiger partial charge in [-0.3, -0.25) is 9.59 Å². The molecule has 0 spiro atoms. The van der Waals surface area contributed by atoms with Crippen molar-refractivity contribution in [2.75, 3.05) is 26.2 Å². The molecule has 2 aromatic carbocycles. The molecule has 1 aliphatic heterocycles. The highest BCUT2D eigenvalue weighted by Gasteiger charge is 2.23. The van der Waals surface area contributed by atoms with E-state index in [1.807, 2.05) is 12.1 Å². The minimum atomic E-state index is -0.308. The van der Waals surface area contributed by atoms with Gasteiger partial charge in [-0.1, -0.05) is 35.9 Å². The molecule has 2 aromatic rings. The second-order valence-corrected chi connectivity index (χ2v) is 6.83. The fraction of sp³-hybridized carbons (Fsp3) is 0.238. The molecule has 0 aromatic heterocycles. The fourth-order valence-electron chi connectivity index (χ4n) is 2.91. The van der Waals surface area contributed by atoms with Crippen LogP contribution < -0.4 is 0 Å². The average molecular weight is 387 g/mol. The van der Waals surface area contributed by atoms with Crippen LogP contribution in [-0.4, -0.2) is 47.8 Å². The Morgan fingerprint density at radius 1 is 0.926 bits per heavy atom. The van der Waals surface area contributed by atoms with Gasteiger partial charge in [0.05, 0.1) is 6.42 Å². The highest BCUT2D eigenvalue weighted by Crippen LogP contribution is 2.12. The summed E-state index contributed by atoms with van der Waals surface area (Å²) < 4.78 is 12.9. The van der Waals surface area contributed by atoms with Crippen LogP contribution in [0.4, 0.5) is 4.39 Å². The van der Waals surface area contributed by atoms with E-state index < -0.39 is 0 Å². The van der Waals surface area contributed by atoms with Gasteiger partial charge in [-0.15, -0.1) is 0 Å². The molecule has 2 amide bonds. The van der Waals surface area contributed by atoms with Gasteiger partial charge in [0.1, 0.15) is 5.82 Å². The van der Waals surface area contributed by atoms with Crippen LogP contribution in [0.5, 0.6) is 0 Å². The van der Waals surface area contributed by atoms with Crippen molar-refractivity contribution in [3.8, 4) is 0 Å². The van der Waals surface area contributed by atoms with Gasteiger partial charge in [0.25, 0.3) is 0 Å². The lowest BCUT2D eigenvalue weighted by Crippen LogP contribution is -2.50. The second-order valence-electron chi connectivity index (χ2n) is 6.39. The van der Waals surface area contributed by atoms with Crippen LogP contribution >= 0.6 is 11.6 Å². The Kier molecular flexibility index (Phi) is 6.24. The van der Waals surface area contributed by atoms with Gasteiger partial charge in [0, 0.05) is 37.3 Å². The highest BCUT2D eigenvalue weighted by atomic mass is 35.5. The first-order valence-corrected chi connectivity index (χ1v) is 9.14. The van der Waals surface area contributed by atoms with Gasteiger partial charge in [-0.05, 0) is 41.5 Å². The Morgan fingerprint density at radius 2 is 1.52 bits per heavy atom. The summed E-state index contributed by atoms with van der Waals surface area (Å²) in [5.74, 6) is -0.367. The summed E-state index contributed by atoms with van der Waals surface area (Å²) in [4.78, 5) is 28.2. The third-order valence-corrected chi connectivity index (χ3v) is 4.75. The summed E-state index contributed by atoms with van der Waals surface area (Å²) in [6.07, 6.45) is 3.48. The lowest BCUT2D eigenvalue weighted by atomic mass is 10.1. The molecule has 1 heterocycles. The topological polar surface area (TPSA) is 40.6 Å². The zero-order valence-electron chi connectivity index (χ0n) is 14.8. The predicted octanol–water partition coefficient (Wildman–Crippen LogP) is 3.41. The first-order chi connectivity index (χ1) is 13.0. The molecule has 1 aliphatic rings. The molecule has 3 rings (SSSR count). The molecule has 1 saturated heterocycles. The minimum Gasteiger partial charge on any atom is -0.339 e. The average Bonchev–Trinajstić information content (AvgIpc) is 2.69. The van der Waals surface area contributed by atoms with E-state index in [9.17, 15) is 14.0 Å². The van der Waals surface area contributed by atoms with Gasteiger partial charge in [0.2, 0.25) is 11.8 Å². The number of carbonyl (C=O) groups excluding carboxylic acids is 2. The Labute approximate surface area is 162 Å². The summed E-state index contributed by atoms with van der Waals surface area (Å²) in [5.41, 5.74) is 1.69. The van der Waals surface area contributed by atoms with Gasteiger partial charge in [-0.25, -0.2) is 4.39 Å². The standard InChI is InChI=1S/C21H20ClFN2O2/c22-18-6-1-17(2-7-18)15-21(27)25-13-11-24(12-14-25)20(26)10-5-16-3-8-19(23)9-4-16/h1-10H,11-15H2/b10-5+. The summed E-state index contributed by atoms with van der Waals surface area (Å²) in [7, 11) is 0. The number of piperazine rings is 1. The maximum Gasteiger partial charge on any atom is 0.246 e. The number of carbonyl (C=O) groups is 2. The molecule has 4 nitrogen and oxygen atoms in total. The van der Waals surface area contributed by atoms with Gasteiger partial charge < -0.3 is 9.80 Å². The van der Waals surface area contributed by atoms with Crippen molar-refractivity contribution in [1.82, 2.24) is 9.80 Å². The quantitative estimate of drug-likeness (QED) is 0.755. The van der Waals surface area contributed by atoms with Crippen molar-refractivity contribution in [3.05, 3.63) is 76.6 Å². The molecule has 0 unspecified atom stereocenters. The van der Waals surface area contributed by atoms with Crippen molar-refractivity contribution in [2.45, 2.75) is 6.42 Å². The van der Waals surface area contributed by atoms with Crippen molar-refractivity contribution >= 4 is 29.5 Å².